The summed E-state index contributed by atoms with van der Waals surface area (Å²) < 4.78 is 16.1. The molecule has 1 amide bonds. The van der Waals surface area contributed by atoms with E-state index in [0.29, 0.717) is 23.8 Å². The Hall–Kier alpha value is -3.30. The van der Waals surface area contributed by atoms with E-state index in [9.17, 15) is 4.79 Å². The van der Waals surface area contributed by atoms with E-state index in [1.165, 1.54) is 18.1 Å². The van der Waals surface area contributed by atoms with E-state index in [4.69, 9.17) is 14.2 Å². The number of nitrogens with zero attached hydrogens (tertiary/aromatic N) is 2. The minimum Gasteiger partial charge on any atom is -0.497 e. The Balaban J connectivity index is 1.54. The lowest BCUT2D eigenvalue weighted by Crippen LogP contribution is -2.15. The number of benzene rings is 2. The highest BCUT2D eigenvalue weighted by molar-refractivity contribution is 8.00. The number of aromatic nitrogens is 2. The number of carbonyl (C=O) groups excluding carboxylic acids is 1. The van der Waals surface area contributed by atoms with Crippen LogP contribution in [-0.4, -0.2) is 42.5 Å². The number of nitrogens with one attached hydrogen (secondary N) is 1. The lowest BCUT2D eigenvalue weighted by Gasteiger charge is -2.12. The summed E-state index contributed by atoms with van der Waals surface area (Å²) in [6.07, 6.45) is 1.53. The first-order chi connectivity index (χ1) is 16.1. The van der Waals surface area contributed by atoms with Gasteiger partial charge in [0.25, 0.3) is 0 Å². The maximum absolute atomic E-state index is 12.7. The molecule has 0 spiro atoms. The summed E-state index contributed by atoms with van der Waals surface area (Å²) in [6.45, 7) is 2.58. The number of methoxy groups -OCH3 is 2. The number of hydrogen-bond acceptors (Lipinski definition) is 8. The third kappa shape index (κ3) is 5.20. The largest absolute Gasteiger partial charge is 0.497 e. The van der Waals surface area contributed by atoms with E-state index >= 15 is 0 Å². The Morgan fingerprint density at radius 2 is 1.85 bits per heavy atom. The van der Waals surface area contributed by atoms with Gasteiger partial charge in [-0.3, -0.25) is 4.79 Å². The Kier molecular flexibility index (Phi) is 7.31. The maximum Gasteiger partial charge on any atom is 0.234 e. The van der Waals surface area contributed by atoms with Gasteiger partial charge in [-0.1, -0.05) is 23.9 Å². The van der Waals surface area contributed by atoms with Crippen molar-refractivity contribution in [1.29, 1.82) is 0 Å². The fraction of sp³-hybridized carbons (Fsp3) is 0.208. The average Bonchev–Trinajstić information content (AvgIpc) is 3.28. The summed E-state index contributed by atoms with van der Waals surface area (Å²) in [5, 5.41) is 6.67. The van der Waals surface area contributed by atoms with Gasteiger partial charge < -0.3 is 19.5 Å². The van der Waals surface area contributed by atoms with Gasteiger partial charge in [0.2, 0.25) is 5.91 Å². The molecule has 0 aliphatic rings. The van der Waals surface area contributed by atoms with Crippen molar-refractivity contribution in [2.75, 3.05) is 31.9 Å². The van der Waals surface area contributed by atoms with Gasteiger partial charge in [-0.15, -0.1) is 11.3 Å². The van der Waals surface area contributed by atoms with Crippen LogP contribution in [0.15, 0.2) is 59.2 Å². The SMILES string of the molecule is CCOc1ccc(-c2csc3ncnc(SCC(=O)Nc4cc(OC)ccc4OC)c23)cc1. The van der Waals surface area contributed by atoms with Crippen molar-refractivity contribution < 1.29 is 19.0 Å². The van der Waals surface area contributed by atoms with Gasteiger partial charge in [0.05, 0.1) is 37.7 Å². The minimum atomic E-state index is -0.170. The van der Waals surface area contributed by atoms with Gasteiger partial charge in [0, 0.05) is 17.0 Å². The molecule has 9 heteroatoms. The van der Waals surface area contributed by atoms with Crippen molar-refractivity contribution >= 4 is 44.9 Å². The van der Waals surface area contributed by atoms with Crippen molar-refractivity contribution in [1.82, 2.24) is 9.97 Å². The Labute approximate surface area is 200 Å². The van der Waals surface area contributed by atoms with E-state index < -0.39 is 0 Å². The Morgan fingerprint density at radius 3 is 2.58 bits per heavy atom. The van der Waals surface area contributed by atoms with Crippen molar-refractivity contribution in [2.45, 2.75) is 11.9 Å². The van der Waals surface area contributed by atoms with Crippen LogP contribution in [-0.2, 0) is 4.79 Å². The highest BCUT2D eigenvalue weighted by Crippen LogP contribution is 2.38. The third-order valence-electron chi connectivity index (χ3n) is 4.83. The predicted molar refractivity (Wildman–Crippen MR) is 133 cm³/mol. The number of thioether (sulfide) groups is 1. The molecule has 0 unspecified atom stereocenters. The molecule has 0 bridgehead atoms. The zero-order valence-electron chi connectivity index (χ0n) is 18.5. The molecular weight excluding hydrogens is 458 g/mol. The number of rotatable bonds is 9. The van der Waals surface area contributed by atoms with Gasteiger partial charge in [-0.25, -0.2) is 9.97 Å². The van der Waals surface area contributed by atoms with E-state index in [1.807, 2.05) is 31.2 Å². The first-order valence-corrected chi connectivity index (χ1v) is 12.1. The standard InChI is InChI=1S/C24H23N3O4S2/c1-4-31-16-7-5-15(6-8-16)18-12-32-23-22(18)24(26-14-25-23)33-13-21(28)27-19-11-17(29-2)9-10-20(19)30-3/h5-12,14H,4,13H2,1-3H3,(H,27,28). The average molecular weight is 482 g/mol. The number of amides is 1. The number of ether oxygens (including phenoxy) is 3. The summed E-state index contributed by atoms with van der Waals surface area (Å²) in [4.78, 5) is 22.5. The molecule has 0 saturated heterocycles. The van der Waals surface area contributed by atoms with Gasteiger partial charge in [-0.05, 0) is 36.8 Å². The zero-order valence-corrected chi connectivity index (χ0v) is 20.1. The number of anilines is 1. The van der Waals surface area contributed by atoms with Gasteiger partial charge in [0.15, 0.2) is 0 Å². The summed E-state index contributed by atoms with van der Waals surface area (Å²) in [5.41, 5.74) is 2.64. The van der Waals surface area contributed by atoms with E-state index in [2.05, 4.69) is 20.7 Å². The van der Waals surface area contributed by atoms with Crippen molar-refractivity contribution in [2.24, 2.45) is 0 Å². The second-order valence-corrected chi connectivity index (χ2v) is 8.69. The van der Waals surface area contributed by atoms with Crippen LogP contribution < -0.4 is 19.5 Å². The first-order valence-electron chi connectivity index (χ1n) is 10.2. The second kappa shape index (κ2) is 10.5. The van der Waals surface area contributed by atoms with Gasteiger partial charge in [-0.2, -0.15) is 0 Å². The van der Waals surface area contributed by atoms with Crippen LogP contribution in [0.1, 0.15) is 6.92 Å². The fourth-order valence-corrected chi connectivity index (χ4v) is 5.09. The molecule has 0 atom stereocenters. The smallest absolute Gasteiger partial charge is 0.234 e. The molecule has 2 heterocycles. The first kappa shape index (κ1) is 22.9. The number of fused-ring (bicyclic) bond motifs is 1. The monoisotopic (exact) mass is 481 g/mol. The normalized spacial score (nSPS) is 10.8. The fourth-order valence-electron chi connectivity index (χ4n) is 3.30. The van der Waals surface area contributed by atoms with Crippen molar-refractivity contribution in [3.05, 3.63) is 54.2 Å². The Bertz CT molecular complexity index is 1260. The van der Waals surface area contributed by atoms with Gasteiger partial charge in [0.1, 0.15) is 33.4 Å². The molecule has 0 radical (unpaired) electrons. The third-order valence-corrected chi connectivity index (χ3v) is 6.71. The molecule has 0 aliphatic heterocycles. The Morgan fingerprint density at radius 1 is 1.06 bits per heavy atom. The summed E-state index contributed by atoms with van der Waals surface area (Å²) in [6, 6.07) is 13.2. The number of thiophene rings is 1. The van der Waals surface area contributed by atoms with Crippen LogP contribution in [0, 0.1) is 0 Å². The van der Waals surface area contributed by atoms with E-state index in [-0.39, 0.29) is 11.7 Å². The molecule has 1 N–H and O–H groups in total. The van der Waals surface area contributed by atoms with E-state index in [0.717, 1.165) is 32.1 Å². The predicted octanol–water partition coefficient (Wildman–Crippen LogP) is 5.51. The van der Waals surface area contributed by atoms with Crippen molar-refractivity contribution in [3.63, 3.8) is 0 Å². The lowest BCUT2D eigenvalue weighted by molar-refractivity contribution is -0.113. The molecule has 0 fully saturated rings. The zero-order chi connectivity index (χ0) is 23.2. The molecule has 4 rings (SSSR count). The van der Waals surface area contributed by atoms with Crippen LogP contribution in [0.2, 0.25) is 0 Å². The van der Waals surface area contributed by atoms with Crippen LogP contribution in [0.5, 0.6) is 17.2 Å². The summed E-state index contributed by atoms with van der Waals surface area (Å²) in [5.74, 6) is 2.04. The quantitative estimate of drug-likeness (QED) is 0.249. The second-order valence-electron chi connectivity index (χ2n) is 6.87. The lowest BCUT2D eigenvalue weighted by atomic mass is 10.1. The number of carbonyl (C=O) groups is 1. The topological polar surface area (TPSA) is 82.6 Å². The molecule has 2 aromatic carbocycles. The highest BCUT2D eigenvalue weighted by Gasteiger charge is 2.16. The maximum atomic E-state index is 12.7. The van der Waals surface area contributed by atoms with Crippen LogP contribution in [0.4, 0.5) is 5.69 Å². The molecule has 4 aromatic rings. The van der Waals surface area contributed by atoms with Crippen LogP contribution in [0.3, 0.4) is 0 Å². The molecular formula is C24H23N3O4S2. The van der Waals surface area contributed by atoms with Crippen LogP contribution in [0.25, 0.3) is 21.3 Å². The van der Waals surface area contributed by atoms with E-state index in [1.54, 1.807) is 43.8 Å². The minimum absolute atomic E-state index is 0.170. The molecule has 0 saturated carbocycles. The van der Waals surface area contributed by atoms with Crippen molar-refractivity contribution in [3.8, 4) is 28.4 Å². The number of hydrogen-bond donors (Lipinski definition) is 1. The molecule has 33 heavy (non-hydrogen) atoms. The highest BCUT2D eigenvalue weighted by atomic mass is 32.2. The molecule has 2 aromatic heterocycles. The summed E-state index contributed by atoms with van der Waals surface area (Å²) in [7, 11) is 3.13. The molecule has 7 nitrogen and oxygen atoms in total. The molecule has 170 valence electrons. The van der Waals surface area contributed by atoms with Crippen LogP contribution >= 0.6 is 23.1 Å². The van der Waals surface area contributed by atoms with Gasteiger partial charge >= 0.3 is 0 Å². The molecule has 0 aliphatic carbocycles. The summed E-state index contributed by atoms with van der Waals surface area (Å²) >= 11 is 2.93.